The van der Waals surface area contributed by atoms with Crippen LogP contribution >= 0.6 is 0 Å². The molecule has 28 heavy (non-hydrogen) atoms. The van der Waals surface area contributed by atoms with Crippen LogP contribution in [0.5, 0.6) is 0 Å². The summed E-state index contributed by atoms with van der Waals surface area (Å²) in [5.41, 5.74) is 4.84. The molecule has 3 rings (SSSR count). The number of hydrogen-bond acceptors (Lipinski definition) is 3. The van der Waals surface area contributed by atoms with Gasteiger partial charge in [-0.15, -0.1) is 0 Å². The summed E-state index contributed by atoms with van der Waals surface area (Å²) in [7, 11) is 0. The molecule has 0 aliphatic heterocycles. The third-order valence-electron chi connectivity index (χ3n) is 4.54. The molecule has 4 nitrogen and oxygen atoms in total. The molecule has 0 fully saturated rings. The molecule has 4 heteroatoms. The Balaban J connectivity index is 1.73. The molecule has 142 valence electrons. The molecule has 0 bridgehead atoms. The van der Waals surface area contributed by atoms with Gasteiger partial charge in [-0.05, 0) is 44.0 Å². The molecule has 3 aromatic carbocycles. The first-order chi connectivity index (χ1) is 13.5. The van der Waals surface area contributed by atoms with Crippen LogP contribution in [0.3, 0.4) is 0 Å². The number of para-hydroxylation sites is 1. The Hall–Kier alpha value is -3.40. The van der Waals surface area contributed by atoms with Crippen LogP contribution in [0, 0.1) is 13.8 Å². The van der Waals surface area contributed by atoms with Gasteiger partial charge in [0.05, 0.1) is 5.56 Å². The van der Waals surface area contributed by atoms with Gasteiger partial charge in [0.15, 0.2) is 6.10 Å². The maximum absolute atomic E-state index is 12.6. The highest BCUT2D eigenvalue weighted by Crippen LogP contribution is 2.27. The zero-order chi connectivity index (χ0) is 20.1. The molecule has 1 N–H and O–H groups in total. The average Bonchev–Trinajstić information content (AvgIpc) is 2.70. The summed E-state index contributed by atoms with van der Waals surface area (Å²) in [6.45, 7) is 5.33. The van der Waals surface area contributed by atoms with Crippen LogP contribution in [-0.4, -0.2) is 18.0 Å². The van der Waals surface area contributed by atoms with E-state index in [2.05, 4.69) is 5.32 Å². The lowest BCUT2D eigenvalue weighted by Crippen LogP contribution is -2.30. The molecule has 0 heterocycles. The van der Waals surface area contributed by atoms with Gasteiger partial charge < -0.3 is 10.1 Å². The highest BCUT2D eigenvalue weighted by atomic mass is 16.5. The lowest BCUT2D eigenvalue weighted by Gasteiger charge is -2.16. The third-order valence-corrected chi connectivity index (χ3v) is 4.54. The Morgan fingerprint density at radius 3 is 2.32 bits per heavy atom. The van der Waals surface area contributed by atoms with E-state index in [0.717, 1.165) is 22.3 Å². The summed E-state index contributed by atoms with van der Waals surface area (Å²) in [6.07, 6.45) is -0.920. The number of nitrogens with one attached hydrogen (secondary N) is 1. The lowest BCUT2D eigenvalue weighted by atomic mass is 10.0. The molecule has 0 spiro atoms. The molecule has 0 aromatic heterocycles. The second-order valence-electron chi connectivity index (χ2n) is 6.77. The van der Waals surface area contributed by atoms with Crippen molar-refractivity contribution in [2.75, 3.05) is 5.32 Å². The maximum Gasteiger partial charge on any atom is 0.339 e. The van der Waals surface area contributed by atoms with E-state index < -0.39 is 12.1 Å². The molecule has 1 atom stereocenters. The van der Waals surface area contributed by atoms with Crippen molar-refractivity contribution in [1.82, 2.24) is 0 Å². The van der Waals surface area contributed by atoms with Crippen molar-refractivity contribution in [2.24, 2.45) is 0 Å². The first kappa shape index (κ1) is 19.4. The number of anilines is 1. The van der Waals surface area contributed by atoms with Gasteiger partial charge in [-0.1, -0.05) is 66.2 Å². The standard InChI is InChI=1S/C24H23NO3/c1-16-13-14-17(2)21(15-16)24(27)28-18(3)23(26)25-22-12-8-7-11-20(22)19-9-5-4-6-10-19/h4-15,18H,1-3H3,(H,25,26). The first-order valence-corrected chi connectivity index (χ1v) is 9.19. The minimum absolute atomic E-state index is 0.373. The number of ether oxygens (including phenoxy) is 1. The quantitative estimate of drug-likeness (QED) is 0.629. The first-order valence-electron chi connectivity index (χ1n) is 9.19. The van der Waals surface area contributed by atoms with Gasteiger partial charge >= 0.3 is 5.97 Å². The van der Waals surface area contributed by atoms with Gasteiger partial charge in [-0.25, -0.2) is 4.79 Å². The second-order valence-corrected chi connectivity index (χ2v) is 6.77. The van der Waals surface area contributed by atoms with Gasteiger partial charge in [0.25, 0.3) is 5.91 Å². The van der Waals surface area contributed by atoms with Crippen LogP contribution in [0.4, 0.5) is 5.69 Å². The summed E-state index contributed by atoms with van der Waals surface area (Å²) < 4.78 is 5.40. The Kier molecular flexibility index (Phi) is 5.90. The van der Waals surface area contributed by atoms with Crippen molar-refractivity contribution in [1.29, 1.82) is 0 Å². The number of esters is 1. The van der Waals surface area contributed by atoms with Crippen LogP contribution in [0.2, 0.25) is 0 Å². The van der Waals surface area contributed by atoms with Gasteiger partial charge in [-0.3, -0.25) is 4.79 Å². The Morgan fingerprint density at radius 1 is 0.893 bits per heavy atom. The fourth-order valence-electron chi connectivity index (χ4n) is 2.93. The van der Waals surface area contributed by atoms with E-state index in [9.17, 15) is 9.59 Å². The van der Waals surface area contributed by atoms with Crippen molar-refractivity contribution < 1.29 is 14.3 Å². The number of amides is 1. The predicted molar refractivity (Wildman–Crippen MR) is 111 cm³/mol. The highest BCUT2D eigenvalue weighted by molar-refractivity contribution is 6.00. The normalized spacial score (nSPS) is 11.5. The topological polar surface area (TPSA) is 55.4 Å². The largest absolute Gasteiger partial charge is 0.449 e. The monoisotopic (exact) mass is 373 g/mol. The van der Waals surface area contributed by atoms with E-state index in [4.69, 9.17) is 4.74 Å². The summed E-state index contributed by atoms with van der Waals surface area (Å²) >= 11 is 0. The number of aryl methyl sites for hydroxylation is 2. The fraction of sp³-hybridized carbons (Fsp3) is 0.167. The molecule has 0 aliphatic carbocycles. The average molecular weight is 373 g/mol. The van der Waals surface area contributed by atoms with E-state index in [1.54, 1.807) is 13.0 Å². The fourth-order valence-corrected chi connectivity index (χ4v) is 2.93. The molecule has 0 saturated heterocycles. The van der Waals surface area contributed by atoms with Crippen molar-refractivity contribution in [3.63, 3.8) is 0 Å². The molecular weight excluding hydrogens is 350 g/mol. The van der Waals surface area contributed by atoms with Crippen LogP contribution in [0.1, 0.15) is 28.4 Å². The van der Waals surface area contributed by atoms with E-state index in [1.807, 2.05) is 80.6 Å². The molecule has 0 aliphatic rings. The highest BCUT2D eigenvalue weighted by Gasteiger charge is 2.21. The summed E-state index contributed by atoms with van der Waals surface area (Å²) in [4.78, 5) is 25.1. The zero-order valence-electron chi connectivity index (χ0n) is 16.2. The lowest BCUT2D eigenvalue weighted by molar-refractivity contribution is -0.123. The second kappa shape index (κ2) is 8.53. The molecule has 1 unspecified atom stereocenters. The summed E-state index contributed by atoms with van der Waals surface area (Å²) in [6, 6.07) is 22.9. The minimum atomic E-state index is -0.920. The van der Waals surface area contributed by atoms with Gasteiger partial charge in [0.1, 0.15) is 0 Å². The SMILES string of the molecule is Cc1ccc(C)c(C(=O)OC(C)C(=O)Nc2ccccc2-c2ccccc2)c1. The van der Waals surface area contributed by atoms with Crippen molar-refractivity contribution in [3.8, 4) is 11.1 Å². The van der Waals surface area contributed by atoms with Crippen molar-refractivity contribution in [3.05, 3.63) is 89.5 Å². The number of rotatable bonds is 5. The smallest absolute Gasteiger partial charge is 0.339 e. The molecule has 1 amide bonds. The molecular formula is C24H23NO3. The summed E-state index contributed by atoms with van der Waals surface area (Å²) in [5, 5.41) is 2.88. The van der Waals surface area contributed by atoms with E-state index >= 15 is 0 Å². The maximum atomic E-state index is 12.6. The number of hydrogen-bond donors (Lipinski definition) is 1. The Morgan fingerprint density at radius 2 is 1.57 bits per heavy atom. The number of carbonyl (C=O) groups is 2. The molecule has 0 saturated carbocycles. The predicted octanol–water partition coefficient (Wildman–Crippen LogP) is 5.15. The minimum Gasteiger partial charge on any atom is -0.449 e. The number of benzene rings is 3. The van der Waals surface area contributed by atoms with Crippen molar-refractivity contribution in [2.45, 2.75) is 26.9 Å². The van der Waals surface area contributed by atoms with Gasteiger partial charge in [0.2, 0.25) is 0 Å². The Bertz CT molecular complexity index is 996. The number of carbonyl (C=O) groups excluding carboxylic acids is 2. The van der Waals surface area contributed by atoms with Crippen LogP contribution in [-0.2, 0) is 9.53 Å². The third kappa shape index (κ3) is 4.46. The van der Waals surface area contributed by atoms with E-state index in [1.165, 1.54) is 0 Å². The van der Waals surface area contributed by atoms with Crippen LogP contribution in [0.25, 0.3) is 11.1 Å². The van der Waals surface area contributed by atoms with E-state index in [0.29, 0.717) is 11.3 Å². The zero-order valence-corrected chi connectivity index (χ0v) is 16.2. The van der Waals surface area contributed by atoms with Crippen molar-refractivity contribution >= 4 is 17.6 Å². The van der Waals surface area contributed by atoms with Crippen LogP contribution in [0.15, 0.2) is 72.8 Å². The van der Waals surface area contributed by atoms with Crippen LogP contribution < -0.4 is 5.32 Å². The Labute approximate surface area is 165 Å². The van der Waals surface area contributed by atoms with Gasteiger partial charge in [0, 0.05) is 11.3 Å². The van der Waals surface area contributed by atoms with Gasteiger partial charge in [-0.2, -0.15) is 0 Å². The molecule has 0 radical (unpaired) electrons. The molecule has 3 aromatic rings. The van der Waals surface area contributed by atoms with E-state index in [-0.39, 0.29) is 5.91 Å². The summed E-state index contributed by atoms with van der Waals surface area (Å²) in [5.74, 6) is -0.873.